The molecule has 0 aliphatic rings. The summed E-state index contributed by atoms with van der Waals surface area (Å²) in [5.74, 6) is -2.56. The topological polar surface area (TPSA) is 110 Å². The van der Waals surface area contributed by atoms with Crippen molar-refractivity contribution >= 4 is 40.4 Å². The Morgan fingerprint density at radius 1 is 0.966 bits per heavy atom. The smallest absolute Gasteiger partial charge is 0.314 e. The number of ether oxygens (including phenoxy) is 1. The molecule has 0 aromatic carbocycles. The van der Waals surface area contributed by atoms with E-state index in [1.54, 1.807) is 32.6 Å². The van der Waals surface area contributed by atoms with Crippen molar-refractivity contribution in [2.24, 2.45) is 5.92 Å². The average molecular weight is 431 g/mol. The number of nitrogens with zero attached hydrogens (tertiary/aromatic N) is 1. The second-order valence-electron chi connectivity index (χ2n) is 7.06. The van der Waals surface area contributed by atoms with Gasteiger partial charge in [-0.25, -0.2) is 0 Å². The highest BCUT2D eigenvalue weighted by Gasteiger charge is 2.34. The molecule has 0 radical (unpaired) electrons. The lowest BCUT2D eigenvalue weighted by atomic mass is 10.1. The molecule has 0 aliphatic carbocycles. The number of amides is 2. The third kappa shape index (κ3) is 9.43. The second-order valence-corrected chi connectivity index (χ2v) is 8.41. The van der Waals surface area contributed by atoms with E-state index in [0.717, 1.165) is 0 Å². The fourth-order valence-electron chi connectivity index (χ4n) is 2.40. The van der Waals surface area contributed by atoms with Crippen molar-refractivity contribution in [1.29, 1.82) is 0 Å². The van der Waals surface area contributed by atoms with Crippen molar-refractivity contribution in [3.63, 3.8) is 0 Å². The third-order valence-electron chi connectivity index (χ3n) is 4.36. The number of carbonyl (C=O) groups excluding carboxylic acids is 5. The molecule has 166 valence electrons. The molecular formula is C20H34N2O6S. The molecule has 0 saturated carbocycles. The van der Waals surface area contributed by atoms with Crippen LogP contribution >= 0.6 is 11.8 Å². The summed E-state index contributed by atoms with van der Waals surface area (Å²) in [6.07, 6.45) is -0.427. The molecule has 0 rings (SSSR count). The molecule has 0 aromatic heterocycles. The molecule has 0 saturated heterocycles. The number of carbonyl (C=O) groups is 5. The minimum absolute atomic E-state index is 0.287. The fourth-order valence-corrected chi connectivity index (χ4v) is 3.27. The number of hydrogen-bond acceptors (Lipinski definition) is 7. The highest BCUT2D eigenvalue weighted by atomic mass is 32.2. The predicted molar refractivity (Wildman–Crippen MR) is 112 cm³/mol. The molecule has 3 atom stereocenters. The number of ketones is 1. The zero-order chi connectivity index (χ0) is 22.7. The van der Waals surface area contributed by atoms with Crippen LogP contribution in [0.1, 0.15) is 61.3 Å². The maximum Gasteiger partial charge on any atom is 0.314 e. The van der Waals surface area contributed by atoms with E-state index in [1.807, 2.05) is 20.8 Å². The standard InChI is InChI=1S/C20H34N2O6S/c1-8-13(6)18(25)21-17(19(26)22(9-2)10-3)14(7)29-20(27)15(23)11-16(24)28-12(4)5/h12-14,17H,8-11H2,1-7H3,(H,21,25). The summed E-state index contributed by atoms with van der Waals surface area (Å²) in [6, 6.07) is -0.958. The monoisotopic (exact) mass is 430 g/mol. The molecule has 0 bridgehead atoms. The van der Waals surface area contributed by atoms with Crippen molar-refractivity contribution in [3.05, 3.63) is 0 Å². The largest absolute Gasteiger partial charge is 0.463 e. The highest BCUT2D eigenvalue weighted by molar-refractivity contribution is 8.16. The maximum absolute atomic E-state index is 12.9. The molecule has 0 aliphatic heterocycles. The normalized spacial score (nSPS) is 13.9. The molecule has 0 heterocycles. The minimum Gasteiger partial charge on any atom is -0.463 e. The first kappa shape index (κ1) is 27.1. The number of thioether (sulfide) groups is 1. The van der Waals surface area contributed by atoms with E-state index in [9.17, 15) is 24.0 Å². The van der Waals surface area contributed by atoms with Crippen LogP contribution in [-0.4, -0.2) is 64.1 Å². The van der Waals surface area contributed by atoms with Crippen molar-refractivity contribution in [2.45, 2.75) is 78.7 Å². The first-order valence-electron chi connectivity index (χ1n) is 10.0. The van der Waals surface area contributed by atoms with Gasteiger partial charge in [0.05, 0.1) is 6.10 Å². The minimum atomic E-state index is -0.958. The maximum atomic E-state index is 12.9. The highest BCUT2D eigenvalue weighted by Crippen LogP contribution is 2.19. The summed E-state index contributed by atoms with van der Waals surface area (Å²) < 4.78 is 4.87. The van der Waals surface area contributed by atoms with Gasteiger partial charge in [-0.3, -0.25) is 24.0 Å². The van der Waals surface area contributed by atoms with Gasteiger partial charge in [0.25, 0.3) is 5.12 Å². The summed E-state index contributed by atoms with van der Waals surface area (Å²) >= 11 is 0.646. The average Bonchev–Trinajstić information content (AvgIpc) is 2.64. The summed E-state index contributed by atoms with van der Waals surface area (Å²) in [5.41, 5.74) is 0. The molecule has 0 aromatic rings. The number of esters is 1. The van der Waals surface area contributed by atoms with Gasteiger partial charge in [-0.1, -0.05) is 32.5 Å². The molecule has 29 heavy (non-hydrogen) atoms. The summed E-state index contributed by atoms with van der Waals surface area (Å²) in [6.45, 7) is 13.1. The number of likely N-dealkylation sites (N-methyl/N-ethyl adjacent to an activating group) is 1. The van der Waals surface area contributed by atoms with Gasteiger partial charge in [-0.15, -0.1) is 0 Å². The Morgan fingerprint density at radius 3 is 1.97 bits per heavy atom. The number of rotatable bonds is 12. The van der Waals surface area contributed by atoms with Crippen LogP contribution < -0.4 is 5.32 Å². The first-order valence-corrected chi connectivity index (χ1v) is 10.9. The Labute approximate surface area is 177 Å². The van der Waals surface area contributed by atoms with Gasteiger partial charge in [-0.2, -0.15) is 0 Å². The summed E-state index contributed by atoms with van der Waals surface area (Å²) in [5, 5.41) is 1.20. The molecule has 3 unspecified atom stereocenters. The van der Waals surface area contributed by atoms with Crippen LogP contribution in [0.5, 0.6) is 0 Å². The van der Waals surface area contributed by atoms with Crippen molar-refractivity contribution in [1.82, 2.24) is 10.2 Å². The van der Waals surface area contributed by atoms with Crippen molar-refractivity contribution in [2.75, 3.05) is 13.1 Å². The molecule has 2 amide bonds. The molecule has 0 spiro atoms. The Balaban J connectivity index is 5.27. The predicted octanol–water partition coefficient (Wildman–Crippen LogP) is 1.94. The zero-order valence-corrected chi connectivity index (χ0v) is 19.3. The van der Waals surface area contributed by atoms with E-state index in [0.29, 0.717) is 31.3 Å². The molecule has 9 heteroatoms. The van der Waals surface area contributed by atoms with E-state index in [1.165, 1.54) is 0 Å². The second kappa shape index (κ2) is 13.3. The first-order chi connectivity index (χ1) is 13.5. The lowest BCUT2D eigenvalue weighted by Crippen LogP contribution is -2.54. The molecule has 8 nitrogen and oxygen atoms in total. The number of nitrogens with one attached hydrogen (secondary N) is 1. The molecular weight excluding hydrogens is 396 g/mol. The summed E-state index contributed by atoms with van der Waals surface area (Å²) in [7, 11) is 0. The van der Waals surface area contributed by atoms with Gasteiger partial charge in [-0.05, 0) is 34.1 Å². The van der Waals surface area contributed by atoms with Crippen LogP contribution in [0.3, 0.4) is 0 Å². The van der Waals surface area contributed by atoms with E-state index in [2.05, 4.69) is 5.32 Å². The van der Waals surface area contributed by atoms with Gasteiger partial charge in [0.1, 0.15) is 12.5 Å². The van der Waals surface area contributed by atoms with Gasteiger partial charge in [0, 0.05) is 24.3 Å². The fraction of sp³-hybridized carbons (Fsp3) is 0.750. The zero-order valence-electron chi connectivity index (χ0n) is 18.4. The Hall–Kier alpha value is -1.90. The van der Waals surface area contributed by atoms with E-state index in [4.69, 9.17) is 4.74 Å². The Kier molecular flexibility index (Phi) is 12.5. The van der Waals surface area contributed by atoms with Gasteiger partial charge in [0.2, 0.25) is 17.6 Å². The number of hydrogen-bond donors (Lipinski definition) is 1. The van der Waals surface area contributed by atoms with Crippen LogP contribution in [0.2, 0.25) is 0 Å². The van der Waals surface area contributed by atoms with Crippen LogP contribution in [-0.2, 0) is 28.7 Å². The quantitative estimate of drug-likeness (QED) is 0.286. The van der Waals surface area contributed by atoms with Crippen molar-refractivity contribution in [3.8, 4) is 0 Å². The Morgan fingerprint density at radius 2 is 1.52 bits per heavy atom. The number of Topliss-reactive ketones (excluding diaryl/α,β-unsaturated/α-hetero) is 1. The molecule has 1 N–H and O–H groups in total. The summed E-state index contributed by atoms with van der Waals surface area (Å²) in [4.78, 5) is 62.7. The van der Waals surface area contributed by atoms with Gasteiger partial charge >= 0.3 is 5.97 Å². The van der Waals surface area contributed by atoms with Gasteiger partial charge in [0.15, 0.2) is 0 Å². The SMILES string of the molecule is CCC(C)C(=O)NC(C(=O)N(CC)CC)C(C)SC(=O)C(=O)CC(=O)OC(C)C. The van der Waals surface area contributed by atoms with E-state index < -0.39 is 34.6 Å². The van der Waals surface area contributed by atoms with Crippen LogP contribution in [0.15, 0.2) is 0 Å². The molecule has 0 fully saturated rings. The van der Waals surface area contributed by atoms with Crippen LogP contribution in [0.4, 0.5) is 0 Å². The van der Waals surface area contributed by atoms with Crippen molar-refractivity contribution < 1.29 is 28.7 Å². The van der Waals surface area contributed by atoms with E-state index >= 15 is 0 Å². The Bertz CT molecular complexity index is 604. The van der Waals surface area contributed by atoms with Crippen LogP contribution in [0, 0.1) is 5.92 Å². The van der Waals surface area contributed by atoms with Crippen LogP contribution in [0.25, 0.3) is 0 Å². The lowest BCUT2D eigenvalue weighted by Gasteiger charge is -2.29. The van der Waals surface area contributed by atoms with Gasteiger partial charge < -0.3 is 15.0 Å². The third-order valence-corrected chi connectivity index (χ3v) is 5.45. The van der Waals surface area contributed by atoms with E-state index in [-0.39, 0.29) is 23.8 Å². The lowest BCUT2D eigenvalue weighted by molar-refractivity contribution is -0.150.